The van der Waals surface area contributed by atoms with Crippen molar-refractivity contribution in [1.29, 1.82) is 0 Å². The summed E-state index contributed by atoms with van der Waals surface area (Å²) in [4.78, 5) is 49.2. The molecule has 0 saturated carbocycles. The minimum atomic E-state index is -0.881. The molecular weight excluding hydrogens is 538 g/mol. The van der Waals surface area contributed by atoms with Crippen molar-refractivity contribution in [2.24, 2.45) is 0 Å². The Hall–Kier alpha value is -3.63. The number of alkyl carbamates (subject to hydrolysis) is 1. The second-order valence-electron chi connectivity index (χ2n) is 9.51. The van der Waals surface area contributed by atoms with Crippen molar-refractivity contribution >= 4 is 23.9 Å². The highest BCUT2D eigenvalue weighted by Crippen LogP contribution is 2.09. The molecule has 11 heteroatoms. The lowest BCUT2D eigenvalue weighted by molar-refractivity contribution is -0.413. The topological polar surface area (TPSA) is 148 Å². The van der Waals surface area contributed by atoms with E-state index in [0.29, 0.717) is 25.8 Å². The van der Waals surface area contributed by atoms with Crippen molar-refractivity contribution in [3.8, 4) is 0 Å². The number of halogens is 1. The predicted molar refractivity (Wildman–Crippen MR) is 144 cm³/mol. The van der Waals surface area contributed by atoms with Crippen molar-refractivity contribution in [2.45, 2.75) is 77.4 Å². The van der Waals surface area contributed by atoms with Gasteiger partial charge < -0.3 is 43.0 Å². The maximum absolute atomic E-state index is 12.8. The van der Waals surface area contributed by atoms with E-state index in [4.69, 9.17) is 14.2 Å². The van der Waals surface area contributed by atoms with Crippen LogP contribution >= 0.6 is 0 Å². The van der Waals surface area contributed by atoms with Crippen molar-refractivity contribution in [3.63, 3.8) is 0 Å². The fourth-order valence-electron chi connectivity index (χ4n) is 3.63. The van der Waals surface area contributed by atoms with Gasteiger partial charge in [0, 0.05) is 6.54 Å². The number of rotatable bonds is 16. The van der Waals surface area contributed by atoms with Crippen molar-refractivity contribution in [1.82, 2.24) is 10.6 Å². The normalized spacial score (nSPS) is 12.6. The largest absolute Gasteiger partial charge is 1.00 e. The van der Waals surface area contributed by atoms with Gasteiger partial charge in [-0.05, 0) is 44.2 Å². The molecule has 5 N–H and O–H groups in total. The average Bonchev–Trinajstić information content (AvgIpc) is 2.90. The highest BCUT2D eigenvalue weighted by Gasteiger charge is 2.24. The molecule has 2 aromatic carbocycles. The number of carbonyl (C=O) groups is 4. The number of quaternary nitrogens is 1. The van der Waals surface area contributed by atoms with Gasteiger partial charge in [-0.1, -0.05) is 60.7 Å². The summed E-state index contributed by atoms with van der Waals surface area (Å²) in [5.41, 5.74) is 5.47. The van der Waals surface area contributed by atoms with Crippen LogP contribution in [0, 0.1) is 0 Å². The summed E-state index contributed by atoms with van der Waals surface area (Å²) < 4.78 is 15.9. The molecule has 0 radical (unpaired) electrons. The quantitative estimate of drug-likeness (QED) is 0.140. The molecule has 3 atom stereocenters. The summed E-state index contributed by atoms with van der Waals surface area (Å²) in [6.07, 6.45) is 0.314. The van der Waals surface area contributed by atoms with Crippen LogP contribution in [-0.4, -0.2) is 48.7 Å². The molecule has 0 aliphatic heterocycles. The molecule has 40 heavy (non-hydrogen) atoms. The average molecular weight is 578 g/mol. The summed E-state index contributed by atoms with van der Waals surface area (Å²) in [7, 11) is 0. The number of benzene rings is 2. The molecule has 0 heterocycles. The summed E-state index contributed by atoms with van der Waals surface area (Å²) in [5.74, 6) is -1.41. The van der Waals surface area contributed by atoms with E-state index in [1.807, 2.05) is 60.7 Å². The van der Waals surface area contributed by atoms with E-state index in [-0.39, 0.29) is 44.5 Å². The number of esters is 2. The Balaban J connectivity index is 0.00000800. The number of carbonyl (C=O) groups excluding carboxylic acids is 4. The summed E-state index contributed by atoms with van der Waals surface area (Å²) in [5, 5.41) is 5.39. The molecule has 2 aromatic rings. The number of ether oxygens (including phenoxy) is 3. The fraction of sp³-hybridized carbons (Fsp3) is 0.448. The highest BCUT2D eigenvalue weighted by atomic mass is 35.5. The molecule has 10 nitrogen and oxygen atoms in total. The van der Waals surface area contributed by atoms with Gasteiger partial charge >= 0.3 is 18.0 Å². The van der Waals surface area contributed by atoms with Crippen LogP contribution < -0.4 is 28.8 Å². The monoisotopic (exact) mass is 577 g/mol. The van der Waals surface area contributed by atoms with E-state index in [1.54, 1.807) is 13.8 Å². The van der Waals surface area contributed by atoms with Crippen LogP contribution in [0.1, 0.15) is 57.1 Å². The molecule has 0 fully saturated rings. The molecule has 2 rings (SSSR count). The van der Waals surface area contributed by atoms with Gasteiger partial charge in [-0.25, -0.2) is 9.59 Å². The molecule has 2 amide bonds. The molecular formula is C29H40ClN3O7. The maximum Gasteiger partial charge on any atom is 0.407 e. The fourth-order valence-corrected chi connectivity index (χ4v) is 3.63. The SMILES string of the molecule is C[C@H]([NH3+])CC(=O)O[C@H](C)CC(=O)N[C@@H](CCCCNC(=O)OCc1ccccc1)C(=O)OCc1ccccc1.[Cl-]. The minimum absolute atomic E-state index is 0. The van der Waals surface area contributed by atoms with Crippen LogP contribution in [-0.2, 0) is 41.8 Å². The zero-order chi connectivity index (χ0) is 28.5. The van der Waals surface area contributed by atoms with Gasteiger partial charge in [0.1, 0.15) is 25.4 Å². The van der Waals surface area contributed by atoms with Crippen LogP contribution in [0.15, 0.2) is 60.7 Å². The first-order valence-corrected chi connectivity index (χ1v) is 13.2. The van der Waals surface area contributed by atoms with Crippen LogP contribution in [0.2, 0.25) is 0 Å². The molecule has 0 spiro atoms. The van der Waals surface area contributed by atoms with Crippen LogP contribution in [0.3, 0.4) is 0 Å². The van der Waals surface area contributed by atoms with E-state index in [9.17, 15) is 19.2 Å². The van der Waals surface area contributed by atoms with Crippen LogP contribution in [0.5, 0.6) is 0 Å². The zero-order valence-electron chi connectivity index (χ0n) is 23.1. The van der Waals surface area contributed by atoms with E-state index < -0.39 is 36.1 Å². The van der Waals surface area contributed by atoms with Gasteiger partial charge in [-0.3, -0.25) is 9.59 Å². The third-order valence-electron chi connectivity index (χ3n) is 5.57. The standard InChI is InChI=1S/C29H39N3O7.ClH/c1-21(30)17-27(34)39-22(2)18-26(33)32-25(28(35)37-19-23-11-5-3-6-12-23)15-9-10-16-31-29(36)38-20-24-13-7-4-8-14-24;/h3-8,11-14,21-22,25H,9-10,15-20,30H2,1-2H3,(H,31,36)(H,32,33);1H/t21-,22+,25-;/m0./s1. The number of hydrogen-bond acceptors (Lipinski definition) is 7. The molecule has 0 unspecified atom stereocenters. The number of unbranched alkanes of at least 4 members (excludes halogenated alkanes) is 1. The smallest absolute Gasteiger partial charge is 0.407 e. The van der Waals surface area contributed by atoms with Gasteiger partial charge in [-0.15, -0.1) is 0 Å². The molecule has 220 valence electrons. The van der Waals surface area contributed by atoms with E-state index in [1.165, 1.54) is 0 Å². The Morgan fingerprint density at radius 2 is 1.40 bits per heavy atom. The third-order valence-corrected chi connectivity index (χ3v) is 5.57. The van der Waals surface area contributed by atoms with Gasteiger partial charge in [0.25, 0.3) is 0 Å². The first-order valence-electron chi connectivity index (χ1n) is 13.2. The molecule has 0 aromatic heterocycles. The number of nitrogens with one attached hydrogen (secondary N) is 2. The molecule has 0 saturated heterocycles. The van der Waals surface area contributed by atoms with Crippen LogP contribution in [0.25, 0.3) is 0 Å². The third kappa shape index (κ3) is 15.1. The lowest BCUT2D eigenvalue weighted by Gasteiger charge is -2.19. The van der Waals surface area contributed by atoms with E-state index in [0.717, 1.165) is 11.1 Å². The van der Waals surface area contributed by atoms with Crippen molar-refractivity contribution in [2.75, 3.05) is 6.54 Å². The van der Waals surface area contributed by atoms with Gasteiger partial charge in [0.15, 0.2) is 0 Å². The molecule has 0 bridgehead atoms. The number of amides is 2. The van der Waals surface area contributed by atoms with Gasteiger partial charge in [0.05, 0.1) is 18.9 Å². The maximum atomic E-state index is 12.8. The Bertz CT molecular complexity index is 1040. The summed E-state index contributed by atoms with van der Waals surface area (Å²) in [6.45, 7) is 4.03. The second-order valence-corrected chi connectivity index (χ2v) is 9.51. The Labute approximate surface area is 241 Å². The Morgan fingerprint density at radius 1 is 0.825 bits per heavy atom. The summed E-state index contributed by atoms with van der Waals surface area (Å²) in [6, 6.07) is 17.6. The van der Waals surface area contributed by atoms with Gasteiger partial charge in [-0.2, -0.15) is 0 Å². The first-order chi connectivity index (χ1) is 18.7. The summed E-state index contributed by atoms with van der Waals surface area (Å²) >= 11 is 0. The Morgan fingerprint density at radius 3 is 1.98 bits per heavy atom. The minimum Gasteiger partial charge on any atom is -1.00 e. The van der Waals surface area contributed by atoms with Crippen molar-refractivity contribution in [3.05, 3.63) is 71.8 Å². The molecule has 0 aliphatic carbocycles. The number of hydrogen-bond donors (Lipinski definition) is 3. The van der Waals surface area contributed by atoms with Gasteiger partial charge in [0.2, 0.25) is 5.91 Å². The molecule has 0 aliphatic rings. The second kappa shape index (κ2) is 19.4. The zero-order valence-corrected chi connectivity index (χ0v) is 23.9. The van der Waals surface area contributed by atoms with E-state index in [2.05, 4.69) is 16.4 Å². The highest BCUT2D eigenvalue weighted by molar-refractivity contribution is 5.84. The predicted octanol–water partition coefficient (Wildman–Crippen LogP) is -0.342. The van der Waals surface area contributed by atoms with E-state index >= 15 is 0 Å². The lowest BCUT2D eigenvalue weighted by atomic mass is 10.1. The van der Waals surface area contributed by atoms with Crippen LogP contribution in [0.4, 0.5) is 4.79 Å². The Kier molecular flexibility index (Phi) is 16.7. The first kappa shape index (κ1) is 34.4. The lowest BCUT2D eigenvalue weighted by Crippen LogP contribution is -3.00. The van der Waals surface area contributed by atoms with Crippen molar-refractivity contribution < 1.29 is 51.5 Å².